The summed E-state index contributed by atoms with van der Waals surface area (Å²) >= 11 is 6.87. The number of fused-ring (bicyclic) bond motifs is 1. The lowest BCUT2D eigenvalue weighted by atomic mass is 10.1. The Balaban J connectivity index is 1.59. The summed E-state index contributed by atoms with van der Waals surface area (Å²) in [7, 11) is 1.61. The summed E-state index contributed by atoms with van der Waals surface area (Å²) in [6.45, 7) is 3.78. The van der Waals surface area contributed by atoms with E-state index in [1.54, 1.807) is 12.0 Å². The predicted molar refractivity (Wildman–Crippen MR) is 146 cm³/mol. The molecule has 0 unspecified atom stereocenters. The number of ether oxygens (including phenoxy) is 1. The van der Waals surface area contributed by atoms with Crippen LogP contribution in [0.25, 0.3) is 17.0 Å². The topological polar surface area (TPSA) is 63.6 Å². The third-order valence-electron chi connectivity index (χ3n) is 5.96. The van der Waals surface area contributed by atoms with Gasteiger partial charge in [-0.05, 0) is 30.0 Å². The quantitative estimate of drug-likeness (QED) is 0.250. The number of thiocarbonyl (C=S) groups is 1. The van der Waals surface area contributed by atoms with Crippen LogP contribution in [0.15, 0.2) is 59.6 Å². The van der Waals surface area contributed by atoms with Gasteiger partial charge >= 0.3 is 0 Å². The first kappa shape index (κ1) is 25.2. The van der Waals surface area contributed by atoms with E-state index in [0.29, 0.717) is 28.9 Å². The second-order valence-corrected chi connectivity index (χ2v) is 9.97. The Bertz CT molecular complexity index is 1270. The molecule has 1 fully saturated rings. The first-order valence-corrected chi connectivity index (χ1v) is 12.9. The van der Waals surface area contributed by atoms with Crippen LogP contribution in [0.3, 0.4) is 0 Å². The van der Waals surface area contributed by atoms with Crippen LogP contribution in [0, 0.1) is 0 Å². The van der Waals surface area contributed by atoms with Gasteiger partial charge in [-0.1, -0.05) is 79.4 Å². The van der Waals surface area contributed by atoms with Crippen molar-refractivity contribution in [1.29, 1.82) is 0 Å². The molecule has 2 aromatic carbocycles. The smallest absolute Gasteiger partial charge is 0.266 e. The summed E-state index contributed by atoms with van der Waals surface area (Å²) in [6.07, 6.45) is 5.45. The van der Waals surface area contributed by atoms with E-state index in [4.69, 9.17) is 17.0 Å². The third kappa shape index (κ3) is 5.83. The van der Waals surface area contributed by atoms with E-state index in [1.165, 1.54) is 17.3 Å². The number of thioether (sulfide) groups is 1. The van der Waals surface area contributed by atoms with E-state index in [9.17, 15) is 9.59 Å². The van der Waals surface area contributed by atoms with Crippen molar-refractivity contribution in [3.63, 3.8) is 0 Å². The van der Waals surface area contributed by atoms with Gasteiger partial charge in [0.15, 0.2) is 0 Å². The van der Waals surface area contributed by atoms with Crippen LogP contribution in [0.5, 0.6) is 0 Å². The number of para-hydroxylation sites is 1. The molecule has 35 heavy (non-hydrogen) atoms. The maximum Gasteiger partial charge on any atom is 0.266 e. The SMILES string of the molecule is CCc1cccc2c(/C=C3\SC(=S)N(CCc4ccccc4)C3=O)cn(CC(=O)NCCOC)c12. The highest BCUT2D eigenvalue weighted by Crippen LogP contribution is 2.35. The molecule has 2 heterocycles. The molecule has 1 aliphatic rings. The number of methoxy groups -OCH3 is 1. The fraction of sp³-hybridized carbons (Fsp3) is 0.296. The molecule has 0 radical (unpaired) electrons. The van der Waals surface area contributed by atoms with Crippen molar-refractivity contribution in [2.24, 2.45) is 0 Å². The van der Waals surface area contributed by atoms with Gasteiger partial charge in [0.05, 0.1) is 17.0 Å². The van der Waals surface area contributed by atoms with E-state index in [2.05, 4.69) is 30.4 Å². The average molecular weight is 508 g/mol. The summed E-state index contributed by atoms with van der Waals surface area (Å²) < 4.78 is 7.57. The number of carbonyl (C=O) groups excluding carboxylic acids is 2. The molecule has 1 aromatic heterocycles. The van der Waals surface area contributed by atoms with Gasteiger partial charge in [0, 0.05) is 37.3 Å². The average Bonchev–Trinajstić information content (AvgIpc) is 3.34. The largest absolute Gasteiger partial charge is 0.383 e. The molecule has 1 saturated heterocycles. The summed E-state index contributed by atoms with van der Waals surface area (Å²) in [6, 6.07) is 16.2. The molecular formula is C27H29N3O3S2. The van der Waals surface area contributed by atoms with Crippen LogP contribution in [0.1, 0.15) is 23.6 Å². The fourth-order valence-electron chi connectivity index (χ4n) is 4.21. The van der Waals surface area contributed by atoms with Crippen molar-refractivity contribution in [3.8, 4) is 0 Å². The van der Waals surface area contributed by atoms with Gasteiger partial charge < -0.3 is 14.6 Å². The van der Waals surface area contributed by atoms with E-state index in [0.717, 1.165) is 34.9 Å². The Morgan fingerprint density at radius 2 is 1.97 bits per heavy atom. The van der Waals surface area contributed by atoms with Crippen molar-refractivity contribution >= 4 is 57.1 Å². The number of rotatable bonds is 10. The van der Waals surface area contributed by atoms with Crippen LogP contribution in [0.2, 0.25) is 0 Å². The van der Waals surface area contributed by atoms with Crippen molar-refractivity contribution in [2.75, 3.05) is 26.8 Å². The van der Waals surface area contributed by atoms with E-state index < -0.39 is 0 Å². The first-order valence-electron chi connectivity index (χ1n) is 11.7. The van der Waals surface area contributed by atoms with Crippen LogP contribution >= 0.6 is 24.0 Å². The number of carbonyl (C=O) groups is 2. The molecule has 0 atom stereocenters. The molecule has 3 aromatic rings. The second kappa shape index (κ2) is 11.7. The van der Waals surface area contributed by atoms with Gasteiger partial charge in [-0.15, -0.1) is 0 Å². The van der Waals surface area contributed by atoms with Crippen LogP contribution in [0.4, 0.5) is 0 Å². The Morgan fingerprint density at radius 1 is 1.17 bits per heavy atom. The Hall–Kier alpha value is -2.94. The van der Waals surface area contributed by atoms with Crippen LogP contribution in [-0.2, 0) is 33.7 Å². The molecule has 0 saturated carbocycles. The predicted octanol–water partition coefficient (Wildman–Crippen LogP) is 4.41. The lowest BCUT2D eigenvalue weighted by Crippen LogP contribution is -2.30. The lowest BCUT2D eigenvalue weighted by molar-refractivity contribution is -0.122. The number of hydrogen-bond acceptors (Lipinski definition) is 5. The Morgan fingerprint density at radius 3 is 2.71 bits per heavy atom. The summed E-state index contributed by atoms with van der Waals surface area (Å²) in [5.74, 6) is -0.149. The van der Waals surface area contributed by atoms with Crippen LogP contribution in [-0.4, -0.2) is 52.4 Å². The molecule has 1 N–H and O–H groups in total. The normalized spacial score (nSPS) is 14.9. The minimum absolute atomic E-state index is 0.0687. The zero-order valence-electron chi connectivity index (χ0n) is 20.0. The maximum atomic E-state index is 13.2. The molecule has 0 aliphatic carbocycles. The van der Waals surface area contributed by atoms with E-state index in [1.807, 2.05) is 47.2 Å². The zero-order chi connectivity index (χ0) is 24.8. The summed E-state index contributed by atoms with van der Waals surface area (Å²) in [4.78, 5) is 28.0. The highest BCUT2D eigenvalue weighted by molar-refractivity contribution is 8.26. The van der Waals surface area contributed by atoms with Crippen LogP contribution < -0.4 is 5.32 Å². The van der Waals surface area contributed by atoms with Gasteiger partial charge in [0.1, 0.15) is 10.9 Å². The molecular weight excluding hydrogens is 478 g/mol. The summed E-state index contributed by atoms with van der Waals surface area (Å²) in [5, 5.41) is 3.90. The minimum Gasteiger partial charge on any atom is -0.383 e. The highest BCUT2D eigenvalue weighted by Gasteiger charge is 2.32. The van der Waals surface area contributed by atoms with Gasteiger partial charge in [0.2, 0.25) is 5.91 Å². The van der Waals surface area contributed by atoms with Crippen molar-refractivity contribution in [3.05, 3.63) is 76.3 Å². The lowest BCUT2D eigenvalue weighted by Gasteiger charge is -2.14. The molecule has 2 amide bonds. The minimum atomic E-state index is -0.0800. The van der Waals surface area contributed by atoms with Crippen molar-refractivity contribution in [1.82, 2.24) is 14.8 Å². The van der Waals surface area contributed by atoms with E-state index >= 15 is 0 Å². The summed E-state index contributed by atoms with van der Waals surface area (Å²) in [5.41, 5.74) is 4.25. The number of aromatic nitrogens is 1. The molecule has 0 spiro atoms. The molecule has 8 heteroatoms. The number of hydrogen-bond donors (Lipinski definition) is 1. The maximum absolute atomic E-state index is 13.2. The Labute approximate surface area is 215 Å². The zero-order valence-corrected chi connectivity index (χ0v) is 21.6. The molecule has 4 rings (SSSR count). The van der Waals surface area contributed by atoms with Gasteiger partial charge in [0.25, 0.3) is 5.91 Å². The number of aryl methyl sites for hydroxylation is 1. The first-order chi connectivity index (χ1) is 17.0. The van der Waals surface area contributed by atoms with Gasteiger partial charge in [-0.3, -0.25) is 14.5 Å². The third-order valence-corrected chi connectivity index (χ3v) is 7.34. The fourth-order valence-corrected chi connectivity index (χ4v) is 5.51. The number of nitrogens with one attached hydrogen (secondary N) is 1. The molecule has 6 nitrogen and oxygen atoms in total. The molecule has 0 bridgehead atoms. The highest BCUT2D eigenvalue weighted by atomic mass is 32.2. The number of amides is 2. The van der Waals surface area contributed by atoms with Crippen molar-refractivity contribution in [2.45, 2.75) is 26.3 Å². The number of nitrogens with zero attached hydrogens (tertiary/aromatic N) is 2. The molecule has 1 aliphatic heterocycles. The number of benzene rings is 2. The second-order valence-electron chi connectivity index (χ2n) is 8.29. The Kier molecular flexibility index (Phi) is 8.38. The molecule has 182 valence electrons. The van der Waals surface area contributed by atoms with Gasteiger partial charge in [-0.25, -0.2) is 0 Å². The van der Waals surface area contributed by atoms with Crippen molar-refractivity contribution < 1.29 is 14.3 Å². The standard InChI is InChI=1S/C27H29N3O3S2/c1-3-20-10-7-11-22-21(17-29(25(20)22)18-24(31)28-13-15-33-2)16-23-26(32)30(27(34)35-23)14-12-19-8-5-4-6-9-19/h4-11,16-17H,3,12-15,18H2,1-2H3,(H,28,31)/b23-16-. The monoisotopic (exact) mass is 507 g/mol. The van der Waals surface area contributed by atoms with E-state index in [-0.39, 0.29) is 18.4 Å². The van der Waals surface area contributed by atoms with Gasteiger partial charge in [-0.2, -0.15) is 0 Å².